The molecule has 0 saturated heterocycles. The predicted molar refractivity (Wildman–Crippen MR) is 145 cm³/mol. The molecule has 2 aromatic carbocycles. The molecule has 40 heavy (non-hydrogen) atoms. The number of hydrogen-bond donors (Lipinski definition) is 1. The van der Waals surface area contributed by atoms with Crippen LogP contribution in [0.4, 0.5) is 20.6 Å². The van der Waals surface area contributed by atoms with Gasteiger partial charge in [0.1, 0.15) is 36.1 Å². The highest BCUT2D eigenvalue weighted by Crippen LogP contribution is 2.35. The van der Waals surface area contributed by atoms with E-state index in [4.69, 9.17) is 14.2 Å². The SMILES string of the molecule is CN(CCOc1ccccc1)C(=O)Cn1cc(NC(=O)C2CN(C(=O)OC(C)(C)C)c3cc(F)ccc3O2)cn1. The number of nitrogens with zero attached hydrogens (tertiary/aromatic N) is 4. The third kappa shape index (κ3) is 7.49. The molecule has 3 aromatic rings. The molecule has 1 aliphatic rings. The van der Waals surface area contributed by atoms with Gasteiger partial charge in [-0.25, -0.2) is 9.18 Å². The summed E-state index contributed by atoms with van der Waals surface area (Å²) in [4.78, 5) is 41.2. The smallest absolute Gasteiger partial charge is 0.415 e. The number of likely N-dealkylation sites (N-methyl/N-ethyl adjacent to an activating group) is 1. The Bertz CT molecular complexity index is 1360. The van der Waals surface area contributed by atoms with E-state index < -0.39 is 29.5 Å². The Balaban J connectivity index is 1.34. The van der Waals surface area contributed by atoms with E-state index in [0.29, 0.717) is 18.8 Å². The molecule has 0 bridgehead atoms. The first kappa shape index (κ1) is 28.4. The Morgan fingerprint density at radius 1 is 1.18 bits per heavy atom. The number of amides is 3. The lowest BCUT2D eigenvalue weighted by molar-refractivity contribution is -0.131. The van der Waals surface area contributed by atoms with E-state index in [1.165, 1.54) is 39.0 Å². The lowest BCUT2D eigenvalue weighted by atomic mass is 10.1. The third-order valence-corrected chi connectivity index (χ3v) is 5.80. The summed E-state index contributed by atoms with van der Waals surface area (Å²) in [6, 6.07) is 13.0. The van der Waals surface area contributed by atoms with Crippen LogP contribution in [0, 0.1) is 5.82 Å². The maximum Gasteiger partial charge on any atom is 0.415 e. The van der Waals surface area contributed by atoms with E-state index in [0.717, 1.165) is 11.8 Å². The second-order valence-electron chi connectivity index (χ2n) is 10.2. The molecule has 1 atom stereocenters. The third-order valence-electron chi connectivity index (χ3n) is 5.80. The lowest BCUT2D eigenvalue weighted by Crippen LogP contribution is -2.50. The molecular formula is C28H32FN5O6. The minimum atomic E-state index is -1.11. The highest BCUT2D eigenvalue weighted by molar-refractivity contribution is 5.98. The van der Waals surface area contributed by atoms with E-state index in [-0.39, 0.29) is 30.4 Å². The number of anilines is 2. The predicted octanol–water partition coefficient (Wildman–Crippen LogP) is 3.70. The Morgan fingerprint density at radius 2 is 1.93 bits per heavy atom. The first-order valence-corrected chi connectivity index (χ1v) is 12.7. The van der Waals surface area contributed by atoms with Gasteiger partial charge in [0.05, 0.1) is 30.7 Å². The van der Waals surface area contributed by atoms with Gasteiger partial charge < -0.3 is 24.4 Å². The number of benzene rings is 2. The first-order chi connectivity index (χ1) is 19.0. The summed E-state index contributed by atoms with van der Waals surface area (Å²) < 4.78 is 32.2. The van der Waals surface area contributed by atoms with Gasteiger partial charge >= 0.3 is 6.09 Å². The number of carbonyl (C=O) groups excluding carboxylic acids is 3. The number of halogens is 1. The molecule has 3 amide bonds. The van der Waals surface area contributed by atoms with E-state index >= 15 is 0 Å². The van der Waals surface area contributed by atoms with Gasteiger partial charge in [0.2, 0.25) is 5.91 Å². The first-order valence-electron chi connectivity index (χ1n) is 12.7. The summed E-state index contributed by atoms with van der Waals surface area (Å²) in [7, 11) is 1.67. The zero-order valence-electron chi connectivity index (χ0n) is 22.8. The molecule has 0 aliphatic carbocycles. The number of fused-ring (bicyclic) bond motifs is 1. The molecular weight excluding hydrogens is 521 g/mol. The maximum absolute atomic E-state index is 13.9. The van der Waals surface area contributed by atoms with Crippen molar-refractivity contribution < 1.29 is 33.0 Å². The van der Waals surface area contributed by atoms with Gasteiger partial charge in [0.25, 0.3) is 5.91 Å². The molecule has 0 saturated carbocycles. The lowest BCUT2D eigenvalue weighted by Gasteiger charge is -2.35. The summed E-state index contributed by atoms with van der Waals surface area (Å²) in [6.45, 7) is 5.62. The second kappa shape index (κ2) is 12.1. The summed E-state index contributed by atoms with van der Waals surface area (Å²) in [5, 5.41) is 6.84. The van der Waals surface area contributed by atoms with E-state index in [2.05, 4.69) is 10.4 Å². The summed E-state index contributed by atoms with van der Waals surface area (Å²) in [5.74, 6) is -0.410. The molecule has 1 N–H and O–H groups in total. The average Bonchev–Trinajstić information content (AvgIpc) is 3.33. The zero-order valence-corrected chi connectivity index (χ0v) is 22.8. The zero-order chi connectivity index (χ0) is 28.9. The Labute approximate surface area is 231 Å². The van der Waals surface area contributed by atoms with Crippen molar-refractivity contribution in [2.45, 2.75) is 39.0 Å². The largest absolute Gasteiger partial charge is 0.492 e. The van der Waals surface area contributed by atoms with Crippen LogP contribution in [0.1, 0.15) is 20.8 Å². The quantitative estimate of drug-likeness (QED) is 0.452. The van der Waals surface area contributed by atoms with Crippen LogP contribution in [-0.2, 0) is 20.9 Å². The molecule has 0 radical (unpaired) electrons. The van der Waals surface area contributed by atoms with Gasteiger partial charge in [-0.05, 0) is 45.0 Å². The number of carbonyl (C=O) groups is 3. The van der Waals surface area contributed by atoms with Crippen LogP contribution in [0.15, 0.2) is 60.9 Å². The van der Waals surface area contributed by atoms with Crippen molar-refractivity contribution >= 4 is 29.3 Å². The molecule has 11 nitrogen and oxygen atoms in total. The summed E-state index contributed by atoms with van der Waals surface area (Å²) in [6.07, 6.45) is 1.08. The van der Waals surface area contributed by atoms with Gasteiger partial charge in [0, 0.05) is 19.3 Å². The maximum atomic E-state index is 13.9. The Kier molecular flexibility index (Phi) is 8.56. The number of rotatable bonds is 8. The minimum absolute atomic E-state index is 0.0387. The van der Waals surface area contributed by atoms with Crippen LogP contribution in [-0.4, -0.2) is 71.0 Å². The highest BCUT2D eigenvalue weighted by Gasteiger charge is 2.36. The van der Waals surface area contributed by atoms with Crippen molar-refractivity contribution in [3.05, 3.63) is 66.7 Å². The second-order valence-corrected chi connectivity index (χ2v) is 10.2. The van der Waals surface area contributed by atoms with E-state index in [9.17, 15) is 18.8 Å². The minimum Gasteiger partial charge on any atom is -0.492 e. The van der Waals surface area contributed by atoms with Gasteiger partial charge in [-0.15, -0.1) is 0 Å². The van der Waals surface area contributed by atoms with Crippen molar-refractivity contribution in [1.29, 1.82) is 0 Å². The Hall–Kier alpha value is -4.61. The number of ether oxygens (including phenoxy) is 3. The fourth-order valence-electron chi connectivity index (χ4n) is 3.82. The Morgan fingerprint density at radius 3 is 2.65 bits per heavy atom. The van der Waals surface area contributed by atoms with Crippen LogP contribution in [0.3, 0.4) is 0 Å². The van der Waals surface area contributed by atoms with Crippen LogP contribution in [0.25, 0.3) is 0 Å². The van der Waals surface area contributed by atoms with Crippen LogP contribution in [0.5, 0.6) is 11.5 Å². The number of para-hydroxylation sites is 1. The molecule has 4 rings (SSSR count). The number of nitrogens with one attached hydrogen (secondary N) is 1. The van der Waals surface area contributed by atoms with E-state index in [1.807, 2.05) is 30.3 Å². The van der Waals surface area contributed by atoms with Crippen molar-refractivity contribution in [1.82, 2.24) is 14.7 Å². The molecule has 0 fully saturated rings. The molecule has 0 spiro atoms. The monoisotopic (exact) mass is 553 g/mol. The van der Waals surface area contributed by atoms with Crippen molar-refractivity contribution in [3.63, 3.8) is 0 Å². The standard InChI is InChI=1S/C28H32FN5O6/c1-28(2,3)40-27(37)34-17-24(39-23-11-10-19(29)14-22(23)34)26(36)31-20-15-30-33(16-20)18-25(35)32(4)12-13-38-21-8-6-5-7-9-21/h5-11,14-16,24H,12-13,17-18H2,1-4H3,(H,31,36). The van der Waals surface area contributed by atoms with Gasteiger partial charge in [-0.2, -0.15) is 5.10 Å². The van der Waals surface area contributed by atoms with Crippen LogP contribution < -0.4 is 19.7 Å². The fraction of sp³-hybridized carbons (Fsp3) is 0.357. The highest BCUT2D eigenvalue weighted by atomic mass is 19.1. The van der Waals surface area contributed by atoms with Crippen molar-refractivity contribution in [3.8, 4) is 11.5 Å². The summed E-state index contributed by atoms with van der Waals surface area (Å²) >= 11 is 0. The van der Waals surface area contributed by atoms with E-state index in [1.54, 1.807) is 27.8 Å². The molecule has 1 unspecified atom stereocenters. The van der Waals surface area contributed by atoms with Crippen molar-refractivity contribution in [2.75, 3.05) is 37.0 Å². The number of aromatic nitrogens is 2. The normalized spacial score (nSPS) is 14.5. The molecule has 2 heterocycles. The van der Waals surface area contributed by atoms with Crippen LogP contribution >= 0.6 is 0 Å². The van der Waals surface area contributed by atoms with Gasteiger partial charge in [-0.1, -0.05) is 18.2 Å². The fourth-order valence-corrected chi connectivity index (χ4v) is 3.82. The molecule has 1 aromatic heterocycles. The number of hydrogen-bond acceptors (Lipinski definition) is 7. The van der Waals surface area contributed by atoms with Gasteiger partial charge in [0.15, 0.2) is 6.10 Å². The van der Waals surface area contributed by atoms with Crippen molar-refractivity contribution in [2.24, 2.45) is 0 Å². The average molecular weight is 554 g/mol. The van der Waals surface area contributed by atoms with Gasteiger partial charge in [-0.3, -0.25) is 19.2 Å². The molecule has 12 heteroatoms. The summed E-state index contributed by atoms with van der Waals surface area (Å²) in [5.41, 5.74) is -0.288. The van der Waals surface area contributed by atoms with Crippen LogP contribution in [0.2, 0.25) is 0 Å². The topological polar surface area (TPSA) is 115 Å². The molecule has 212 valence electrons. The molecule has 1 aliphatic heterocycles.